The van der Waals surface area contributed by atoms with Gasteiger partial charge in [-0.25, -0.2) is 13.4 Å². The number of hydrogen-bond acceptors (Lipinski definition) is 7. The molecule has 3 rings (SSSR count). The molecular weight excluding hydrogens is 312 g/mol. The van der Waals surface area contributed by atoms with Crippen LogP contribution < -0.4 is 0 Å². The van der Waals surface area contributed by atoms with E-state index >= 15 is 0 Å². The van der Waals surface area contributed by atoms with Gasteiger partial charge in [0.1, 0.15) is 4.90 Å². The van der Waals surface area contributed by atoms with E-state index in [1.807, 2.05) is 5.38 Å². The minimum absolute atomic E-state index is 0.160. The Balaban J connectivity index is 1.89. The lowest BCUT2D eigenvalue weighted by Crippen LogP contribution is -2.39. The van der Waals surface area contributed by atoms with Crippen LogP contribution in [0, 0.1) is 0 Å². The van der Waals surface area contributed by atoms with E-state index in [0.29, 0.717) is 25.5 Å². The fourth-order valence-electron chi connectivity index (χ4n) is 2.44. The van der Waals surface area contributed by atoms with E-state index in [4.69, 9.17) is 4.74 Å². The van der Waals surface area contributed by atoms with Gasteiger partial charge in [-0.2, -0.15) is 5.10 Å². The Morgan fingerprint density at radius 2 is 2.43 bits per heavy atom. The van der Waals surface area contributed by atoms with Crippen LogP contribution in [0.15, 0.2) is 22.0 Å². The predicted octanol–water partition coefficient (Wildman–Crippen LogP) is 0.843. The summed E-state index contributed by atoms with van der Waals surface area (Å²) >= 11 is 1.55. The first-order chi connectivity index (χ1) is 10.1. The minimum Gasteiger partial charge on any atom is -0.378 e. The van der Waals surface area contributed by atoms with Crippen molar-refractivity contribution >= 4 is 21.2 Å². The van der Waals surface area contributed by atoms with Crippen molar-refractivity contribution in [3.63, 3.8) is 0 Å². The van der Waals surface area contributed by atoms with Crippen molar-refractivity contribution in [1.82, 2.24) is 20.1 Å². The monoisotopic (exact) mass is 328 g/mol. The maximum Gasteiger partial charge on any atom is 0.178 e. The second kappa shape index (κ2) is 5.84. The van der Waals surface area contributed by atoms with Gasteiger partial charge in [-0.15, -0.1) is 11.3 Å². The van der Waals surface area contributed by atoms with Crippen LogP contribution in [0.25, 0.3) is 0 Å². The van der Waals surface area contributed by atoms with E-state index in [1.165, 1.54) is 12.5 Å². The first-order valence-electron chi connectivity index (χ1n) is 6.48. The molecule has 1 saturated heterocycles. The topological polar surface area (TPSA) is 88.2 Å². The number of aromatic amines is 1. The molecule has 1 aliphatic rings. The van der Waals surface area contributed by atoms with Gasteiger partial charge >= 0.3 is 0 Å². The fourth-order valence-corrected chi connectivity index (χ4v) is 3.81. The average molecular weight is 328 g/mol. The van der Waals surface area contributed by atoms with Crippen molar-refractivity contribution in [3.05, 3.63) is 28.5 Å². The number of sulfone groups is 1. The van der Waals surface area contributed by atoms with Crippen molar-refractivity contribution in [3.8, 4) is 0 Å². The van der Waals surface area contributed by atoms with Crippen molar-refractivity contribution < 1.29 is 13.2 Å². The first kappa shape index (κ1) is 14.6. The average Bonchev–Trinajstić information content (AvgIpc) is 3.08. The Bertz CT molecular complexity index is 696. The second-order valence-corrected chi connectivity index (χ2v) is 7.66. The van der Waals surface area contributed by atoms with E-state index in [9.17, 15) is 8.42 Å². The third kappa shape index (κ3) is 3.15. The van der Waals surface area contributed by atoms with Gasteiger partial charge in [0.2, 0.25) is 0 Å². The van der Waals surface area contributed by atoms with Crippen LogP contribution in [0.4, 0.5) is 0 Å². The lowest BCUT2D eigenvalue weighted by molar-refractivity contribution is -0.0157. The minimum atomic E-state index is -3.31. The first-order valence-corrected chi connectivity index (χ1v) is 9.31. The molecule has 0 aliphatic carbocycles. The number of nitrogens with one attached hydrogen (secondary N) is 1. The molecular formula is C12H16N4O3S2. The molecule has 2 aromatic heterocycles. The molecule has 0 radical (unpaired) electrons. The van der Waals surface area contributed by atoms with E-state index in [-0.39, 0.29) is 10.9 Å². The lowest BCUT2D eigenvalue weighted by Gasteiger charge is -2.34. The van der Waals surface area contributed by atoms with Gasteiger partial charge in [0.05, 0.1) is 42.4 Å². The Morgan fingerprint density at radius 3 is 3.14 bits per heavy atom. The van der Waals surface area contributed by atoms with Crippen LogP contribution in [0.2, 0.25) is 0 Å². The summed E-state index contributed by atoms with van der Waals surface area (Å²) in [5.41, 5.74) is 3.36. The highest BCUT2D eigenvalue weighted by Gasteiger charge is 2.30. The third-order valence-electron chi connectivity index (χ3n) is 3.45. The quantitative estimate of drug-likeness (QED) is 0.895. The highest BCUT2D eigenvalue weighted by molar-refractivity contribution is 7.90. The predicted molar refractivity (Wildman–Crippen MR) is 77.8 cm³/mol. The molecule has 2 aromatic rings. The number of H-pyrrole nitrogens is 1. The van der Waals surface area contributed by atoms with Crippen molar-refractivity contribution in [2.75, 3.05) is 26.0 Å². The summed E-state index contributed by atoms with van der Waals surface area (Å²) in [6.45, 7) is 2.46. The molecule has 114 valence electrons. The number of thiazole rings is 1. The molecule has 1 N–H and O–H groups in total. The smallest absolute Gasteiger partial charge is 0.178 e. The molecule has 1 atom stereocenters. The summed E-state index contributed by atoms with van der Waals surface area (Å²) in [6, 6.07) is -0.160. The Hall–Kier alpha value is -1.29. The van der Waals surface area contributed by atoms with E-state index in [1.54, 1.807) is 16.8 Å². The Morgan fingerprint density at radius 1 is 1.57 bits per heavy atom. The highest BCUT2D eigenvalue weighted by Crippen LogP contribution is 2.28. The van der Waals surface area contributed by atoms with Crippen molar-refractivity contribution in [1.29, 1.82) is 0 Å². The maximum absolute atomic E-state index is 11.9. The van der Waals surface area contributed by atoms with E-state index < -0.39 is 9.84 Å². The molecule has 9 heteroatoms. The van der Waals surface area contributed by atoms with Crippen LogP contribution in [0.1, 0.15) is 17.4 Å². The molecule has 0 spiro atoms. The Kier molecular flexibility index (Phi) is 4.07. The van der Waals surface area contributed by atoms with Gasteiger partial charge in [-0.05, 0) is 0 Å². The summed E-state index contributed by atoms with van der Waals surface area (Å²) in [5.74, 6) is 0. The van der Waals surface area contributed by atoms with Gasteiger partial charge in [0, 0.05) is 24.7 Å². The standard InChI is InChI=1S/C12H16N4O3S2/c1-21(17,18)11-4-14-15-12(11)10-6-19-3-2-16(10)5-9-7-20-8-13-9/h4,7-8,10H,2-3,5-6H2,1H3,(H,14,15)/t10-/m0/s1. The zero-order valence-corrected chi connectivity index (χ0v) is 13.2. The largest absolute Gasteiger partial charge is 0.378 e. The van der Waals surface area contributed by atoms with Crippen molar-refractivity contribution in [2.45, 2.75) is 17.5 Å². The van der Waals surface area contributed by atoms with Crippen LogP contribution >= 0.6 is 11.3 Å². The molecule has 21 heavy (non-hydrogen) atoms. The fraction of sp³-hybridized carbons (Fsp3) is 0.500. The zero-order chi connectivity index (χ0) is 14.9. The van der Waals surface area contributed by atoms with Gasteiger partial charge in [-0.3, -0.25) is 10.00 Å². The molecule has 0 unspecified atom stereocenters. The van der Waals surface area contributed by atoms with Crippen LogP contribution in [-0.2, 0) is 21.1 Å². The Labute approximate surface area is 126 Å². The van der Waals surface area contributed by atoms with Gasteiger partial charge in [0.25, 0.3) is 0 Å². The number of nitrogens with zero attached hydrogens (tertiary/aromatic N) is 3. The highest BCUT2D eigenvalue weighted by atomic mass is 32.2. The summed E-state index contributed by atoms with van der Waals surface area (Å²) in [5, 5.41) is 8.72. The second-order valence-electron chi connectivity index (χ2n) is 4.96. The van der Waals surface area contributed by atoms with Crippen molar-refractivity contribution in [2.24, 2.45) is 0 Å². The number of morpholine rings is 1. The number of aromatic nitrogens is 3. The van der Waals surface area contributed by atoms with Gasteiger partial charge in [-0.1, -0.05) is 0 Å². The van der Waals surface area contributed by atoms with Gasteiger partial charge < -0.3 is 4.74 Å². The molecule has 0 saturated carbocycles. The molecule has 7 nitrogen and oxygen atoms in total. The molecule has 0 aromatic carbocycles. The van der Waals surface area contributed by atoms with E-state index in [0.717, 1.165) is 12.2 Å². The van der Waals surface area contributed by atoms with E-state index in [2.05, 4.69) is 20.1 Å². The summed E-state index contributed by atoms with van der Waals surface area (Å²) < 4.78 is 29.2. The third-order valence-corrected chi connectivity index (χ3v) is 5.21. The maximum atomic E-state index is 11.9. The van der Waals surface area contributed by atoms with Gasteiger partial charge in [0.15, 0.2) is 9.84 Å². The number of hydrogen-bond donors (Lipinski definition) is 1. The van der Waals surface area contributed by atoms with Crippen LogP contribution in [-0.4, -0.2) is 54.5 Å². The zero-order valence-electron chi connectivity index (χ0n) is 11.5. The SMILES string of the molecule is CS(=O)(=O)c1cn[nH]c1[C@@H]1COCCN1Cc1cscn1. The summed E-state index contributed by atoms with van der Waals surface area (Å²) in [6.07, 6.45) is 2.55. The van der Waals surface area contributed by atoms with Crippen LogP contribution in [0.3, 0.4) is 0 Å². The number of rotatable bonds is 4. The molecule has 3 heterocycles. The normalized spacial score (nSPS) is 20.7. The molecule has 1 fully saturated rings. The summed E-state index contributed by atoms with van der Waals surface area (Å²) in [7, 11) is -3.31. The molecule has 1 aliphatic heterocycles. The van der Waals surface area contributed by atoms with Crippen LogP contribution in [0.5, 0.6) is 0 Å². The molecule has 0 bridgehead atoms. The lowest BCUT2D eigenvalue weighted by atomic mass is 10.1. The molecule has 0 amide bonds. The number of ether oxygens (including phenoxy) is 1. The summed E-state index contributed by atoms with van der Waals surface area (Å²) in [4.78, 5) is 6.69.